The van der Waals surface area contributed by atoms with Crippen LogP contribution in [0.3, 0.4) is 0 Å². The molecule has 1 saturated heterocycles. The Labute approximate surface area is 160 Å². The number of nitrogens with zero attached hydrogens (tertiary/aromatic N) is 2. The van der Waals surface area contributed by atoms with Gasteiger partial charge in [-0.25, -0.2) is 8.42 Å². The second-order valence-electron chi connectivity index (χ2n) is 7.40. The highest BCUT2D eigenvalue weighted by molar-refractivity contribution is 7.90. The molecular weight excluding hydrogens is 360 g/mol. The van der Waals surface area contributed by atoms with Gasteiger partial charge in [-0.05, 0) is 59.7 Å². The van der Waals surface area contributed by atoms with Crippen molar-refractivity contribution in [1.29, 1.82) is 5.26 Å². The number of likely N-dealkylation sites (tertiary alicyclic amines) is 1. The second-order valence-corrected chi connectivity index (χ2v) is 9.42. The Morgan fingerprint density at radius 2 is 1.74 bits per heavy atom. The van der Waals surface area contributed by atoms with Crippen molar-refractivity contribution in [1.82, 2.24) is 4.90 Å². The molecule has 140 valence electrons. The Bertz CT molecular complexity index is 985. The Hall–Kier alpha value is -2.52. The molecule has 2 aromatic rings. The van der Waals surface area contributed by atoms with Crippen molar-refractivity contribution in [2.75, 3.05) is 19.3 Å². The topological polar surface area (TPSA) is 70.4 Å². The standard InChI is InChI=1S/C21H22N2O3S/c1-27(24,25)19-5-2-15(3-6-19)17-4-7-20-18(12-17)13-21(26-20)16-8-10-23(14-22)11-9-16/h2-7,12,16,21H,8-11,13H2,1H3. The van der Waals surface area contributed by atoms with Crippen molar-refractivity contribution in [3.63, 3.8) is 0 Å². The molecule has 0 radical (unpaired) electrons. The SMILES string of the molecule is CS(=O)(=O)c1ccc(-c2ccc3c(c2)CC(C2CCN(C#N)CC2)O3)cc1. The minimum absolute atomic E-state index is 0.184. The Morgan fingerprint density at radius 3 is 2.37 bits per heavy atom. The maximum atomic E-state index is 11.6. The van der Waals surface area contributed by atoms with Crippen LogP contribution in [0.15, 0.2) is 47.4 Å². The van der Waals surface area contributed by atoms with Crippen molar-refractivity contribution in [2.24, 2.45) is 5.92 Å². The molecule has 4 rings (SSSR count). The fraction of sp³-hybridized carbons (Fsp3) is 0.381. The van der Waals surface area contributed by atoms with Crippen LogP contribution in [-0.2, 0) is 16.3 Å². The summed E-state index contributed by atoms with van der Waals surface area (Å²) in [7, 11) is -3.18. The largest absolute Gasteiger partial charge is 0.490 e. The van der Waals surface area contributed by atoms with E-state index >= 15 is 0 Å². The van der Waals surface area contributed by atoms with Crippen LogP contribution in [0.1, 0.15) is 18.4 Å². The molecule has 2 aromatic carbocycles. The molecule has 0 aliphatic carbocycles. The molecule has 0 N–H and O–H groups in total. The number of ether oxygens (including phenoxy) is 1. The van der Waals surface area contributed by atoms with E-state index in [1.165, 1.54) is 11.8 Å². The number of benzene rings is 2. The van der Waals surface area contributed by atoms with E-state index in [9.17, 15) is 8.42 Å². The van der Waals surface area contributed by atoms with Crippen LogP contribution in [0.4, 0.5) is 0 Å². The van der Waals surface area contributed by atoms with Crippen molar-refractivity contribution >= 4 is 9.84 Å². The molecule has 0 aromatic heterocycles. The number of hydrogen-bond acceptors (Lipinski definition) is 5. The van der Waals surface area contributed by atoms with Gasteiger partial charge in [-0.1, -0.05) is 18.2 Å². The lowest BCUT2D eigenvalue weighted by Crippen LogP contribution is -2.36. The van der Waals surface area contributed by atoms with E-state index in [4.69, 9.17) is 10.00 Å². The molecule has 5 nitrogen and oxygen atoms in total. The van der Waals surface area contributed by atoms with E-state index in [0.717, 1.165) is 49.2 Å². The smallest absolute Gasteiger partial charge is 0.179 e. The van der Waals surface area contributed by atoms with E-state index in [1.807, 2.05) is 29.2 Å². The van der Waals surface area contributed by atoms with Crippen LogP contribution in [0.2, 0.25) is 0 Å². The van der Waals surface area contributed by atoms with E-state index in [1.54, 1.807) is 12.1 Å². The monoisotopic (exact) mass is 382 g/mol. The predicted molar refractivity (Wildman–Crippen MR) is 103 cm³/mol. The van der Waals surface area contributed by atoms with Gasteiger partial charge in [0.05, 0.1) is 4.90 Å². The predicted octanol–water partition coefficient (Wildman–Crippen LogP) is 3.25. The third kappa shape index (κ3) is 3.65. The fourth-order valence-corrected chi connectivity index (χ4v) is 4.61. The van der Waals surface area contributed by atoms with E-state index in [0.29, 0.717) is 10.8 Å². The van der Waals surface area contributed by atoms with Crippen LogP contribution in [0.25, 0.3) is 11.1 Å². The van der Waals surface area contributed by atoms with Gasteiger partial charge in [0.15, 0.2) is 16.0 Å². The molecule has 0 bridgehead atoms. The molecule has 2 heterocycles. The lowest BCUT2D eigenvalue weighted by Gasteiger charge is -2.31. The maximum Gasteiger partial charge on any atom is 0.179 e. The summed E-state index contributed by atoms with van der Waals surface area (Å²) in [6.45, 7) is 1.63. The second kappa shape index (κ2) is 6.90. The van der Waals surface area contributed by atoms with Crippen LogP contribution >= 0.6 is 0 Å². The number of rotatable bonds is 3. The lowest BCUT2D eigenvalue weighted by atomic mass is 9.89. The van der Waals surface area contributed by atoms with Gasteiger partial charge in [0, 0.05) is 25.8 Å². The molecule has 6 heteroatoms. The van der Waals surface area contributed by atoms with Crippen molar-refractivity contribution in [2.45, 2.75) is 30.3 Å². The Kier molecular flexibility index (Phi) is 4.56. The van der Waals surface area contributed by atoms with Gasteiger partial charge >= 0.3 is 0 Å². The summed E-state index contributed by atoms with van der Waals surface area (Å²) in [6, 6.07) is 13.2. The molecule has 0 spiro atoms. The highest BCUT2D eigenvalue weighted by Crippen LogP contribution is 2.37. The fourth-order valence-electron chi connectivity index (χ4n) is 3.98. The van der Waals surface area contributed by atoms with E-state index < -0.39 is 9.84 Å². The number of piperidine rings is 1. The maximum absolute atomic E-state index is 11.6. The summed E-state index contributed by atoms with van der Waals surface area (Å²) in [5.41, 5.74) is 3.26. The molecule has 0 saturated carbocycles. The number of hydrogen-bond donors (Lipinski definition) is 0. The first-order valence-electron chi connectivity index (χ1n) is 9.19. The van der Waals surface area contributed by atoms with Crippen LogP contribution in [0, 0.1) is 17.4 Å². The van der Waals surface area contributed by atoms with Gasteiger partial charge in [0.1, 0.15) is 11.9 Å². The zero-order chi connectivity index (χ0) is 19.0. The molecule has 2 aliphatic heterocycles. The van der Waals surface area contributed by atoms with Gasteiger partial charge in [-0.2, -0.15) is 5.26 Å². The molecule has 27 heavy (non-hydrogen) atoms. The molecule has 0 amide bonds. The lowest BCUT2D eigenvalue weighted by molar-refractivity contribution is 0.110. The highest BCUT2D eigenvalue weighted by Gasteiger charge is 2.32. The third-order valence-corrected chi connectivity index (χ3v) is 6.71. The number of fused-ring (bicyclic) bond motifs is 1. The summed E-state index contributed by atoms with van der Waals surface area (Å²) >= 11 is 0. The van der Waals surface area contributed by atoms with Gasteiger partial charge in [-0.15, -0.1) is 0 Å². The molecule has 1 unspecified atom stereocenters. The van der Waals surface area contributed by atoms with Gasteiger partial charge in [-0.3, -0.25) is 0 Å². The zero-order valence-corrected chi connectivity index (χ0v) is 16.1. The average Bonchev–Trinajstić information content (AvgIpc) is 3.11. The summed E-state index contributed by atoms with van der Waals surface area (Å²) < 4.78 is 29.4. The Morgan fingerprint density at radius 1 is 1.07 bits per heavy atom. The van der Waals surface area contributed by atoms with E-state index in [2.05, 4.69) is 12.3 Å². The van der Waals surface area contributed by atoms with Crippen LogP contribution < -0.4 is 4.74 Å². The van der Waals surface area contributed by atoms with Gasteiger partial charge < -0.3 is 9.64 Å². The molecular formula is C21H22N2O3S. The normalized spacial score (nSPS) is 20.0. The number of nitriles is 1. The van der Waals surface area contributed by atoms with Crippen molar-refractivity contribution < 1.29 is 13.2 Å². The summed E-state index contributed by atoms with van der Waals surface area (Å²) in [5.74, 6) is 1.43. The molecule has 1 fully saturated rings. The summed E-state index contributed by atoms with van der Waals surface area (Å²) in [6.07, 6.45) is 6.50. The van der Waals surface area contributed by atoms with Crippen molar-refractivity contribution in [3.8, 4) is 23.1 Å². The zero-order valence-electron chi connectivity index (χ0n) is 15.3. The number of sulfone groups is 1. The van der Waals surface area contributed by atoms with Crippen LogP contribution in [0.5, 0.6) is 5.75 Å². The average molecular weight is 382 g/mol. The van der Waals surface area contributed by atoms with Gasteiger partial charge in [0.2, 0.25) is 0 Å². The minimum atomic E-state index is -3.18. The third-order valence-electron chi connectivity index (χ3n) is 5.58. The highest BCUT2D eigenvalue weighted by atomic mass is 32.2. The van der Waals surface area contributed by atoms with Gasteiger partial charge in [0.25, 0.3) is 0 Å². The van der Waals surface area contributed by atoms with E-state index in [-0.39, 0.29) is 6.10 Å². The molecule has 2 aliphatic rings. The van der Waals surface area contributed by atoms with Crippen LogP contribution in [-0.4, -0.2) is 38.8 Å². The van der Waals surface area contributed by atoms with Crippen molar-refractivity contribution in [3.05, 3.63) is 48.0 Å². The first-order valence-corrected chi connectivity index (χ1v) is 11.1. The Balaban J connectivity index is 1.49. The summed E-state index contributed by atoms with van der Waals surface area (Å²) in [5, 5.41) is 9.00. The first-order chi connectivity index (χ1) is 12.9. The first kappa shape index (κ1) is 17.9. The molecule has 1 atom stereocenters. The quantitative estimate of drug-likeness (QED) is 0.762. The minimum Gasteiger partial charge on any atom is -0.490 e. The summed E-state index contributed by atoms with van der Waals surface area (Å²) in [4.78, 5) is 2.15.